The molecule has 1 N–H and O–H groups in total. The number of rotatable bonds is 8. The first-order valence-corrected chi connectivity index (χ1v) is 8.66. The predicted molar refractivity (Wildman–Crippen MR) is 96.8 cm³/mol. The summed E-state index contributed by atoms with van der Waals surface area (Å²) in [6.07, 6.45) is -3.13. The summed E-state index contributed by atoms with van der Waals surface area (Å²) in [4.78, 5) is 4.45. The van der Waals surface area contributed by atoms with Gasteiger partial charge in [-0.15, -0.1) is 13.2 Å². The average molecular weight is 392 g/mol. The molecule has 0 fully saturated rings. The first-order valence-electron chi connectivity index (χ1n) is 8.66. The van der Waals surface area contributed by atoms with Crippen LogP contribution < -0.4 is 14.8 Å². The minimum atomic E-state index is -4.69. The molecule has 1 heterocycles. The summed E-state index contributed by atoms with van der Waals surface area (Å²) >= 11 is 0. The van der Waals surface area contributed by atoms with Crippen LogP contribution in [0, 0.1) is 0 Å². The van der Waals surface area contributed by atoms with Gasteiger partial charge in [-0.25, -0.2) is 4.98 Å². The van der Waals surface area contributed by atoms with E-state index >= 15 is 0 Å². The lowest BCUT2D eigenvalue weighted by Crippen LogP contribution is -2.17. The summed E-state index contributed by atoms with van der Waals surface area (Å²) in [5.74, 6) is 0.924. The fourth-order valence-electron chi connectivity index (χ4n) is 2.58. The Kier molecular flexibility index (Phi) is 6.20. The standard InChI is InChI=1S/C20H19F3N2O3/c1-2-26-18-6-4-3-5-17(18)19-25-15(13-27-19)12-24-11-14-7-9-16(10-8-14)28-20(21,22)23/h3-10,13,24H,2,11-12H2,1H3. The van der Waals surface area contributed by atoms with Gasteiger partial charge in [-0.2, -0.15) is 0 Å². The molecular formula is C20H19F3N2O3. The lowest BCUT2D eigenvalue weighted by molar-refractivity contribution is -0.274. The number of halogens is 3. The van der Waals surface area contributed by atoms with Gasteiger partial charge in [0.25, 0.3) is 0 Å². The molecule has 0 bridgehead atoms. The van der Waals surface area contributed by atoms with Crippen LogP contribution in [0.2, 0.25) is 0 Å². The van der Waals surface area contributed by atoms with Gasteiger partial charge in [0.15, 0.2) is 0 Å². The fraction of sp³-hybridized carbons (Fsp3) is 0.250. The van der Waals surface area contributed by atoms with Crippen LogP contribution in [0.25, 0.3) is 11.5 Å². The maximum atomic E-state index is 12.2. The third kappa shape index (κ3) is 5.50. The number of ether oxygens (including phenoxy) is 2. The Morgan fingerprint density at radius 3 is 2.50 bits per heavy atom. The third-order valence-electron chi connectivity index (χ3n) is 3.76. The number of oxazole rings is 1. The van der Waals surface area contributed by atoms with Crippen molar-refractivity contribution in [2.24, 2.45) is 0 Å². The molecule has 3 aromatic rings. The lowest BCUT2D eigenvalue weighted by Gasteiger charge is -2.09. The van der Waals surface area contributed by atoms with Crippen LogP contribution in [0.1, 0.15) is 18.2 Å². The van der Waals surface area contributed by atoms with Gasteiger partial charge < -0.3 is 19.2 Å². The molecule has 5 nitrogen and oxygen atoms in total. The smallest absolute Gasteiger partial charge is 0.493 e. The first kappa shape index (κ1) is 19.8. The lowest BCUT2D eigenvalue weighted by atomic mass is 10.2. The Hall–Kier alpha value is -3.00. The average Bonchev–Trinajstić information content (AvgIpc) is 3.11. The zero-order chi connectivity index (χ0) is 20.0. The van der Waals surface area contributed by atoms with E-state index in [0.29, 0.717) is 37.0 Å². The van der Waals surface area contributed by atoms with E-state index in [4.69, 9.17) is 9.15 Å². The van der Waals surface area contributed by atoms with Gasteiger partial charge in [0.05, 0.1) is 17.9 Å². The fourth-order valence-corrected chi connectivity index (χ4v) is 2.58. The first-order chi connectivity index (χ1) is 13.4. The highest BCUT2D eigenvalue weighted by Crippen LogP contribution is 2.29. The molecule has 0 aliphatic heterocycles. The van der Waals surface area contributed by atoms with E-state index in [1.54, 1.807) is 18.4 Å². The van der Waals surface area contributed by atoms with Gasteiger partial charge in [0.1, 0.15) is 17.8 Å². The Morgan fingerprint density at radius 1 is 1.04 bits per heavy atom. The molecule has 3 rings (SSSR count). The number of para-hydroxylation sites is 1. The van der Waals surface area contributed by atoms with Crippen LogP contribution >= 0.6 is 0 Å². The van der Waals surface area contributed by atoms with Crippen LogP contribution in [0.5, 0.6) is 11.5 Å². The molecule has 0 atom stereocenters. The normalized spacial score (nSPS) is 11.4. The SMILES string of the molecule is CCOc1ccccc1-c1nc(CNCc2ccc(OC(F)(F)F)cc2)co1. The maximum absolute atomic E-state index is 12.2. The van der Waals surface area contributed by atoms with Crippen molar-refractivity contribution >= 4 is 0 Å². The Balaban J connectivity index is 1.55. The largest absolute Gasteiger partial charge is 0.573 e. The van der Waals surface area contributed by atoms with Crippen molar-refractivity contribution in [3.63, 3.8) is 0 Å². The van der Waals surface area contributed by atoms with E-state index < -0.39 is 6.36 Å². The van der Waals surface area contributed by atoms with E-state index in [1.807, 2.05) is 31.2 Å². The van der Waals surface area contributed by atoms with Gasteiger partial charge in [-0.3, -0.25) is 0 Å². The van der Waals surface area contributed by atoms with Gasteiger partial charge in [0.2, 0.25) is 5.89 Å². The van der Waals surface area contributed by atoms with Crippen molar-refractivity contribution in [1.82, 2.24) is 10.3 Å². The van der Waals surface area contributed by atoms with Crippen molar-refractivity contribution in [3.8, 4) is 23.0 Å². The summed E-state index contributed by atoms with van der Waals surface area (Å²) < 4.78 is 51.5. The van der Waals surface area contributed by atoms with Crippen molar-refractivity contribution in [2.45, 2.75) is 26.4 Å². The van der Waals surface area contributed by atoms with Crippen molar-refractivity contribution in [3.05, 3.63) is 66.1 Å². The Labute approximate surface area is 160 Å². The molecule has 0 unspecified atom stereocenters. The Bertz CT molecular complexity index is 892. The number of alkyl halides is 3. The third-order valence-corrected chi connectivity index (χ3v) is 3.76. The summed E-state index contributed by atoms with van der Waals surface area (Å²) in [5, 5.41) is 3.17. The van der Waals surface area contributed by atoms with E-state index in [9.17, 15) is 13.2 Å². The summed E-state index contributed by atoms with van der Waals surface area (Å²) in [6.45, 7) is 3.35. The van der Waals surface area contributed by atoms with Crippen LogP contribution in [0.15, 0.2) is 59.2 Å². The highest BCUT2D eigenvalue weighted by molar-refractivity contribution is 5.62. The molecule has 8 heteroatoms. The van der Waals surface area contributed by atoms with Crippen LogP contribution in [0.4, 0.5) is 13.2 Å². The minimum Gasteiger partial charge on any atom is -0.493 e. The highest BCUT2D eigenvalue weighted by atomic mass is 19.4. The molecule has 28 heavy (non-hydrogen) atoms. The van der Waals surface area contributed by atoms with Crippen molar-refractivity contribution in [2.75, 3.05) is 6.61 Å². The van der Waals surface area contributed by atoms with Crippen LogP contribution in [-0.2, 0) is 13.1 Å². The number of benzene rings is 2. The number of nitrogens with zero attached hydrogens (tertiary/aromatic N) is 1. The molecule has 0 amide bonds. The van der Waals surface area contributed by atoms with Gasteiger partial charge in [0, 0.05) is 13.1 Å². The summed E-state index contributed by atoms with van der Waals surface area (Å²) in [6, 6.07) is 13.2. The summed E-state index contributed by atoms with van der Waals surface area (Å²) in [5.41, 5.74) is 2.30. The Morgan fingerprint density at radius 2 is 1.79 bits per heavy atom. The zero-order valence-electron chi connectivity index (χ0n) is 15.1. The second kappa shape index (κ2) is 8.79. The van der Waals surface area contributed by atoms with E-state index in [-0.39, 0.29) is 5.75 Å². The van der Waals surface area contributed by atoms with Gasteiger partial charge >= 0.3 is 6.36 Å². The minimum absolute atomic E-state index is 0.245. The molecule has 0 spiro atoms. The molecule has 0 aliphatic carbocycles. The predicted octanol–water partition coefficient (Wildman–Crippen LogP) is 4.93. The van der Waals surface area contributed by atoms with E-state index in [0.717, 1.165) is 11.1 Å². The molecule has 0 radical (unpaired) electrons. The highest BCUT2D eigenvalue weighted by Gasteiger charge is 2.30. The van der Waals surface area contributed by atoms with E-state index in [1.165, 1.54) is 12.1 Å². The number of hydrogen-bond acceptors (Lipinski definition) is 5. The zero-order valence-corrected chi connectivity index (χ0v) is 15.1. The molecule has 148 valence electrons. The molecule has 0 saturated heterocycles. The molecule has 1 aromatic heterocycles. The van der Waals surface area contributed by atoms with Crippen LogP contribution in [0.3, 0.4) is 0 Å². The summed E-state index contributed by atoms with van der Waals surface area (Å²) in [7, 11) is 0. The second-order valence-electron chi connectivity index (χ2n) is 5.87. The number of aromatic nitrogens is 1. The monoisotopic (exact) mass is 392 g/mol. The molecule has 2 aromatic carbocycles. The molecule has 0 saturated carbocycles. The quantitative estimate of drug-likeness (QED) is 0.589. The topological polar surface area (TPSA) is 56.5 Å². The number of nitrogens with one attached hydrogen (secondary N) is 1. The van der Waals surface area contributed by atoms with E-state index in [2.05, 4.69) is 15.0 Å². The van der Waals surface area contributed by atoms with Gasteiger partial charge in [-0.05, 0) is 36.8 Å². The second-order valence-corrected chi connectivity index (χ2v) is 5.87. The molecule has 0 aliphatic rings. The van der Waals surface area contributed by atoms with Gasteiger partial charge in [-0.1, -0.05) is 24.3 Å². The molecular weight excluding hydrogens is 373 g/mol. The van der Waals surface area contributed by atoms with Crippen molar-refractivity contribution in [1.29, 1.82) is 0 Å². The van der Waals surface area contributed by atoms with Crippen LogP contribution in [-0.4, -0.2) is 18.0 Å². The number of hydrogen-bond donors (Lipinski definition) is 1. The van der Waals surface area contributed by atoms with Crippen molar-refractivity contribution < 1.29 is 27.1 Å². The maximum Gasteiger partial charge on any atom is 0.573 e.